The van der Waals surface area contributed by atoms with Crippen molar-refractivity contribution in [3.8, 4) is 0 Å². The molecule has 0 saturated carbocycles. The summed E-state index contributed by atoms with van der Waals surface area (Å²) < 4.78 is 34.7. The molecule has 0 aromatic rings. The van der Waals surface area contributed by atoms with E-state index in [0.29, 0.717) is 31.0 Å². The third-order valence-electron chi connectivity index (χ3n) is 4.13. The number of nitrogens with one attached hydrogen (secondary N) is 2. The summed E-state index contributed by atoms with van der Waals surface area (Å²) in [4.78, 5) is 37.4. The molecule has 0 aliphatic carbocycles. The molecule has 3 saturated heterocycles. The second kappa shape index (κ2) is 6.07. The summed E-state index contributed by atoms with van der Waals surface area (Å²) in [5.41, 5.74) is 2.47. The van der Waals surface area contributed by atoms with Crippen molar-refractivity contribution in [3.05, 3.63) is 0 Å². The van der Waals surface area contributed by atoms with Crippen LogP contribution in [0.25, 0.3) is 0 Å². The molecule has 2 bridgehead atoms. The number of nitrogens with zero attached hydrogens (tertiary/aromatic N) is 3. The highest BCUT2D eigenvalue weighted by atomic mass is 32.3. The van der Waals surface area contributed by atoms with Gasteiger partial charge in [-0.3, -0.25) is 14.8 Å². The van der Waals surface area contributed by atoms with Gasteiger partial charge in [-0.1, -0.05) is 0 Å². The maximum absolute atomic E-state index is 12.4. The van der Waals surface area contributed by atoms with Crippen LogP contribution in [0.2, 0.25) is 0 Å². The topological polar surface area (TPSA) is 149 Å². The van der Waals surface area contributed by atoms with Crippen LogP contribution in [0.1, 0.15) is 19.3 Å². The minimum absolute atomic E-state index is 0.0959. The molecule has 3 aliphatic heterocycles. The fourth-order valence-corrected chi connectivity index (χ4v) is 3.44. The summed E-state index contributed by atoms with van der Waals surface area (Å²) in [6.07, 6.45) is 1.28. The minimum Gasteiger partial charge on any atom is -0.336 e. The number of carbonyl (C=O) groups excluding carboxylic acids is 3. The number of rotatable bonds is 4. The van der Waals surface area contributed by atoms with Crippen molar-refractivity contribution in [3.63, 3.8) is 0 Å². The smallest absolute Gasteiger partial charge is 0.336 e. The zero-order valence-corrected chi connectivity index (χ0v) is 13.4. The monoisotopic (exact) mass is 363 g/mol. The Morgan fingerprint density at radius 1 is 1.33 bits per heavy atom. The summed E-state index contributed by atoms with van der Waals surface area (Å²) in [6, 6.07) is -2.66. The molecule has 24 heavy (non-hydrogen) atoms. The summed E-state index contributed by atoms with van der Waals surface area (Å²) in [5.74, 6) is -0.535. The van der Waals surface area contributed by atoms with E-state index in [4.69, 9.17) is 4.55 Å². The fourth-order valence-electron chi connectivity index (χ4n) is 3.05. The maximum Gasteiger partial charge on any atom is 0.418 e. The van der Waals surface area contributed by atoms with Crippen molar-refractivity contribution in [2.24, 2.45) is 0 Å². The first-order valence-corrected chi connectivity index (χ1v) is 8.75. The Labute approximate surface area is 137 Å². The number of urea groups is 2. The van der Waals surface area contributed by atoms with Gasteiger partial charge in [0.25, 0.3) is 5.91 Å². The van der Waals surface area contributed by atoms with Crippen LogP contribution in [0, 0.1) is 0 Å². The largest absolute Gasteiger partial charge is 0.418 e. The van der Waals surface area contributed by atoms with Crippen LogP contribution in [0.15, 0.2) is 0 Å². The molecule has 3 N–H and O–H groups in total. The first-order chi connectivity index (χ1) is 11.3. The van der Waals surface area contributed by atoms with Gasteiger partial charge in [-0.2, -0.15) is 13.5 Å². The second-order valence-electron chi connectivity index (χ2n) is 5.72. The van der Waals surface area contributed by atoms with E-state index >= 15 is 0 Å². The third-order valence-corrected chi connectivity index (χ3v) is 4.47. The molecule has 134 valence electrons. The Hall–Kier alpha value is -2.12. The van der Waals surface area contributed by atoms with Crippen LogP contribution in [0.5, 0.6) is 0 Å². The van der Waals surface area contributed by atoms with E-state index in [9.17, 15) is 22.8 Å². The highest BCUT2D eigenvalue weighted by molar-refractivity contribution is 7.80. The Morgan fingerprint density at radius 2 is 2.08 bits per heavy atom. The SMILES string of the molecule is O=C(NN1CCCNC1=O)[C@@H]1CCC2CN1C(=O)N2OS(=O)(=O)O. The van der Waals surface area contributed by atoms with Crippen molar-refractivity contribution in [2.75, 3.05) is 19.6 Å². The number of hydrazine groups is 1. The quantitative estimate of drug-likeness (QED) is 0.511. The molecule has 5 amide bonds. The van der Waals surface area contributed by atoms with E-state index in [1.165, 1.54) is 0 Å². The Balaban J connectivity index is 1.67. The molecule has 1 unspecified atom stereocenters. The van der Waals surface area contributed by atoms with Crippen molar-refractivity contribution in [2.45, 2.75) is 31.3 Å². The van der Waals surface area contributed by atoms with Gasteiger partial charge in [0.05, 0.1) is 6.04 Å². The van der Waals surface area contributed by atoms with Crippen molar-refractivity contribution in [1.82, 2.24) is 25.7 Å². The Morgan fingerprint density at radius 3 is 2.75 bits per heavy atom. The lowest BCUT2D eigenvalue weighted by Crippen LogP contribution is -2.59. The molecule has 3 aliphatic rings. The second-order valence-corrected chi connectivity index (χ2v) is 6.73. The lowest BCUT2D eigenvalue weighted by atomic mass is 10.0. The fraction of sp³-hybridized carbons (Fsp3) is 0.727. The van der Waals surface area contributed by atoms with Crippen LogP contribution in [0.4, 0.5) is 9.59 Å². The lowest BCUT2D eigenvalue weighted by Gasteiger charge is -2.33. The molecule has 2 atom stereocenters. The predicted molar refractivity (Wildman–Crippen MR) is 76.2 cm³/mol. The highest BCUT2D eigenvalue weighted by Crippen LogP contribution is 2.30. The van der Waals surface area contributed by atoms with Gasteiger partial charge in [-0.25, -0.2) is 14.6 Å². The van der Waals surface area contributed by atoms with E-state index in [1.54, 1.807) is 0 Å². The minimum atomic E-state index is -4.83. The first kappa shape index (κ1) is 16.7. The number of hydrogen-bond donors (Lipinski definition) is 3. The van der Waals surface area contributed by atoms with Crippen molar-refractivity contribution < 1.29 is 31.6 Å². The van der Waals surface area contributed by atoms with E-state index in [-0.39, 0.29) is 13.0 Å². The average molecular weight is 363 g/mol. The summed E-state index contributed by atoms with van der Waals surface area (Å²) >= 11 is 0. The van der Waals surface area contributed by atoms with Gasteiger partial charge in [0.1, 0.15) is 6.04 Å². The normalized spacial score (nSPS) is 27.3. The standard InChI is InChI=1S/C11H17N5O7S/c17-9(13-15-5-1-4-12-10(15)18)8-3-2-7-6-14(8)11(19)16(7)23-24(20,21)22/h7-8H,1-6H2,(H,12,18)(H,13,17)(H,20,21,22)/t7?,8-/m0/s1. The van der Waals surface area contributed by atoms with Gasteiger partial charge in [0.2, 0.25) is 0 Å². The molecular weight excluding hydrogens is 346 g/mol. The average Bonchev–Trinajstić information content (AvgIpc) is 2.73. The molecule has 0 spiro atoms. The Bertz CT molecular complexity index is 668. The van der Waals surface area contributed by atoms with Gasteiger partial charge in [-0.05, 0) is 19.3 Å². The van der Waals surface area contributed by atoms with Crippen LogP contribution in [-0.4, -0.2) is 77.6 Å². The van der Waals surface area contributed by atoms with E-state index in [1.807, 2.05) is 0 Å². The molecule has 3 fully saturated rings. The van der Waals surface area contributed by atoms with Gasteiger partial charge in [0, 0.05) is 19.6 Å². The van der Waals surface area contributed by atoms with Gasteiger partial charge in [0.15, 0.2) is 0 Å². The van der Waals surface area contributed by atoms with E-state index in [0.717, 1.165) is 9.91 Å². The van der Waals surface area contributed by atoms with Crippen LogP contribution in [-0.2, 0) is 19.5 Å². The zero-order valence-electron chi connectivity index (χ0n) is 12.5. The maximum atomic E-state index is 12.4. The molecule has 13 heteroatoms. The molecular formula is C11H17N5O7S. The molecule has 0 radical (unpaired) electrons. The number of carbonyl (C=O) groups is 3. The lowest BCUT2D eigenvalue weighted by molar-refractivity contribution is -0.130. The molecule has 0 aromatic heterocycles. The van der Waals surface area contributed by atoms with Gasteiger partial charge >= 0.3 is 22.5 Å². The number of hydroxylamine groups is 2. The van der Waals surface area contributed by atoms with Crippen LogP contribution >= 0.6 is 0 Å². The molecule has 0 aromatic carbocycles. The van der Waals surface area contributed by atoms with Gasteiger partial charge in [-0.15, -0.1) is 4.28 Å². The van der Waals surface area contributed by atoms with E-state index < -0.39 is 40.5 Å². The number of fused-ring (bicyclic) bond motifs is 2. The first-order valence-electron chi connectivity index (χ1n) is 7.39. The van der Waals surface area contributed by atoms with Crippen LogP contribution < -0.4 is 10.7 Å². The number of piperidine rings is 1. The van der Waals surface area contributed by atoms with Crippen molar-refractivity contribution in [1.29, 1.82) is 0 Å². The molecule has 12 nitrogen and oxygen atoms in total. The number of amides is 5. The Kier molecular flexibility index (Phi) is 4.23. The zero-order chi connectivity index (χ0) is 17.5. The van der Waals surface area contributed by atoms with Gasteiger partial charge < -0.3 is 10.2 Å². The van der Waals surface area contributed by atoms with Crippen molar-refractivity contribution >= 4 is 28.4 Å². The summed E-state index contributed by atoms with van der Waals surface area (Å²) in [6.45, 7) is 0.986. The predicted octanol–water partition coefficient (Wildman–Crippen LogP) is -1.56. The summed E-state index contributed by atoms with van der Waals surface area (Å²) in [5, 5.41) is 4.29. The van der Waals surface area contributed by atoms with E-state index in [2.05, 4.69) is 15.0 Å². The third kappa shape index (κ3) is 3.22. The molecule has 3 heterocycles. The molecule has 3 rings (SSSR count). The summed E-state index contributed by atoms with van der Waals surface area (Å²) in [7, 11) is -4.83. The van der Waals surface area contributed by atoms with Crippen LogP contribution in [0.3, 0.4) is 0 Å². The number of hydrogen-bond acceptors (Lipinski definition) is 6. The highest BCUT2D eigenvalue weighted by Gasteiger charge is 2.49.